The maximum atomic E-state index is 14.2. The van der Waals surface area contributed by atoms with E-state index in [1.807, 2.05) is 65.0 Å². The number of aliphatic hydroxyl groups excluding tert-OH is 1. The average Bonchev–Trinajstić information content (AvgIpc) is 3.70. The molecule has 1 amide bonds. The van der Waals surface area contributed by atoms with Gasteiger partial charge in [-0.25, -0.2) is 13.2 Å². The fourth-order valence-corrected chi connectivity index (χ4v) is 7.56. The highest BCUT2D eigenvalue weighted by Gasteiger charge is 2.44. The van der Waals surface area contributed by atoms with Crippen LogP contribution in [0.4, 0.5) is 4.79 Å². The highest BCUT2D eigenvalue weighted by molar-refractivity contribution is 7.89. The van der Waals surface area contributed by atoms with E-state index in [4.69, 9.17) is 14.2 Å². The first-order valence-electron chi connectivity index (χ1n) is 16.0. The Labute approximate surface area is 276 Å². The van der Waals surface area contributed by atoms with Gasteiger partial charge in [-0.3, -0.25) is 4.99 Å². The highest BCUT2D eigenvalue weighted by atomic mass is 32.2. The van der Waals surface area contributed by atoms with Crippen molar-refractivity contribution < 1.29 is 37.6 Å². The summed E-state index contributed by atoms with van der Waals surface area (Å²) in [6.07, 6.45) is -0.356. The molecule has 1 aromatic heterocycles. The summed E-state index contributed by atoms with van der Waals surface area (Å²) in [5, 5.41) is 25.5. The van der Waals surface area contributed by atoms with Crippen LogP contribution in [0.1, 0.15) is 52.2 Å². The Balaban J connectivity index is 1.39. The average molecular weight is 671 g/mol. The first kappa shape index (κ1) is 34.8. The molecule has 0 radical (unpaired) electrons. The SMILES string of the molecule is CC(C)CN(C[C@@H](O)[C@H](Cc1ccccc1)NC(=O)O[C@H]1COC2OCCC21)S(=O)(=O)c1ccc2[nH]c(O)c(C=NC(C)(C)C)c2c1. The Morgan fingerprint density at radius 2 is 1.91 bits per heavy atom. The van der Waals surface area contributed by atoms with Gasteiger partial charge >= 0.3 is 6.09 Å². The van der Waals surface area contributed by atoms with E-state index in [0.29, 0.717) is 23.1 Å². The molecule has 2 unspecified atom stereocenters. The third kappa shape index (κ3) is 8.52. The summed E-state index contributed by atoms with van der Waals surface area (Å²) >= 11 is 0. The first-order chi connectivity index (χ1) is 22.2. The molecule has 0 aliphatic carbocycles. The number of aromatic nitrogens is 1. The fourth-order valence-electron chi connectivity index (χ4n) is 5.91. The van der Waals surface area contributed by atoms with Crippen molar-refractivity contribution in [2.45, 2.75) is 82.4 Å². The van der Waals surface area contributed by atoms with E-state index >= 15 is 0 Å². The minimum Gasteiger partial charge on any atom is -0.494 e. The number of nitrogens with zero attached hydrogens (tertiary/aromatic N) is 2. The lowest BCUT2D eigenvalue weighted by Crippen LogP contribution is -2.51. The predicted octanol–water partition coefficient (Wildman–Crippen LogP) is 4.20. The Kier molecular flexibility index (Phi) is 10.6. The van der Waals surface area contributed by atoms with Gasteiger partial charge in [-0.15, -0.1) is 0 Å². The minimum absolute atomic E-state index is 0.00353. The number of aromatic amines is 1. The number of benzene rings is 2. The molecule has 2 aromatic carbocycles. The number of aromatic hydroxyl groups is 1. The number of aliphatic hydroxyl groups is 1. The number of hydrogen-bond donors (Lipinski definition) is 4. The number of amides is 1. The molecule has 0 saturated carbocycles. The predicted molar refractivity (Wildman–Crippen MR) is 178 cm³/mol. The molecule has 12 nitrogen and oxygen atoms in total. The summed E-state index contributed by atoms with van der Waals surface area (Å²) in [6, 6.07) is 13.1. The lowest BCUT2D eigenvalue weighted by molar-refractivity contribution is -0.0907. The van der Waals surface area contributed by atoms with Gasteiger partial charge < -0.3 is 34.7 Å². The Bertz CT molecular complexity index is 1670. The molecule has 256 valence electrons. The normalized spacial score (nSPS) is 21.5. The number of H-pyrrole nitrogens is 1. The molecule has 0 spiro atoms. The lowest BCUT2D eigenvalue weighted by Gasteiger charge is -2.31. The number of aliphatic imine (C=N–C) groups is 1. The van der Waals surface area contributed by atoms with Crippen LogP contribution in [0, 0.1) is 11.8 Å². The second-order valence-electron chi connectivity index (χ2n) is 13.7. The number of alkyl carbamates (subject to hydrolysis) is 1. The molecular formula is C34H46N4O8S. The van der Waals surface area contributed by atoms with Gasteiger partial charge in [0.05, 0.1) is 47.3 Å². The molecule has 5 rings (SSSR count). The second kappa shape index (κ2) is 14.3. The molecule has 2 fully saturated rings. The van der Waals surface area contributed by atoms with E-state index in [0.717, 1.165) is 12.0 Å². The Hall–Kier alpha value is -3.49. The lowest BCUT2D eigenvalue weighted by atomic mass is 10.0. The van der Waals surface area contributed by atoms with E-state index in [2.05, 4.69) is 15.3 Å². The van der Waals surface area contributed by atoms with Gasteiger partial charge in [0.15, 0.2) is 12.2 Å². The van der Waals surface area contributed by atoms with E-state index < -0.39 is 39.9 Å². The number of nitrogens with one attached hydrogen (secondary N) is 2. The monoisotopic (exact) mass is 670 g/mol. The molecule has 47 heavy (non-hydrogen) atoms. The molecule has 5 atom stereocenters. The van der Waals surface area contributed by atoms with Crippen molar-refractivity contribution >= 4 is 33.2 Å². The molecule has 3 aromatic rings. The Morgan fingerprint density at radius 1 is 1.17 bits per heavy atom. The van der Waals surface area contributed by atoms with E-state index in [9.17, 15) is 23.4 Å². The first-order valence-corrected chi connectivity index (χ1v) is 17.5. The zero-order valence-corrected chi connectivity index (χ0v) is 28.4. The number of ether oxygens (including phenoxy) is 3. The van der Waals surface area contributed by atoms with Gasteiger partial charge in [0.1, 0.15) is 6.10 Å². The number of fused-ring (bicyclic) bond motifs is 2. The van der Waals surface area contributed by atoms with Crippen LogP contribution in [0.3, 0.4) is 0 Å². The summed E-state index contributed by atoms with van der Waals surface area (Å²) < 4.78 is 46.5. The van der Waals surface area contributed by atoms with Crippen LogP contribution in [0.25, 0.3) is 10.9 Å². The van der Waals surface area contributed by atoms with Gasteiger partial charge in [0.2, 0.25) is 10.0 Å². The number of hydrogen-bond acceptors (Lipinski definition) is 9. The highest BCUT2D eigenvalue weighted by Crippen LogP contribution is 2.33. The van der Waals surface area contributed by atoms with E-state index in [1.54, 1.807) is 6.07 Å². The van der Waals surface area contributed by atoms with Crippen LogP contribution in [0.2, 0.25) is 0 Å². The van der Waals surface area contributed by atoms with Crippen LogP contribution in [0.5, 0.6) is 5.88 Å². The molecule has 2 saturated heterocycles. The maximum absolute atomic E-state index is 14.2. The number of rotatable bonds is 12. The van der Waals surface area contributed by atoms with Crippen LogP contribution in [-0.4, -0.2) is 96.6 Å². The van der Waals surface area contributed by atoms with Gasteiger partial charge in [-0.1, -0.05) is 44.2 Å². The molecule has 2 aliphatic rings. The molecule has 4 N–H and O–H groups in total. The largest absolute Gasteiger partial charge is 0.494 e. The van der Waals surface area contributed by atoms with E-state index in [-0.39, 0.29) is 55.0 Å². The van der Waals surface area contributed by atoms with Crippen LogP contribution in [0.15, 0.2) is 58.4 Å². The summed E-state index contributed by atoms with van der Waals surface area (Å²) in [5.74, 6) is -0.232. The van der Waals surface area contributed by atoms with Crippen LogP contribution < -0.4 is 5.32 Å². The third-order valence-corrected chi connectivity index (χ3v) is 10.1. The van der Waals surface area contributed by atoms with Gasteiger partial charge in [0.25, 0.3) is 0 Å². The topological polar surface area (TPSA) is 163 Å². The maximum Gasteiger partial charge on any atom is 0.407 e. The molecule has 0 bridgehead atoms. The molecule has 2 aliphatic heterocycles. The zero-order valence-electron chi connectivity index (χ0n) is 27.5. The summed E-state index contributed by atoms with van der Waals surface area (Å²) in [6.45, 7) is 10.2. The van der Waals surface area contributed by atoms with Crippen molar-refractivity contribution in [2.75, 3.05) is 26.3 Å². The van der Waals surface area contributed by atoms with Gasteiger partial charge in [-0.2, -0.15) is 4.31 Å². The summed E-state index contributed by atoms with van der Waals surface area (Å²) in [7, 11) is -4.14. The van der Waals surface area contributed by atoms with Crippen molar-refractivity contribution in [1.29, 1.82) is 0 Å². The molecule has 13 heteroatoms. The molecular weight excluding hydrogens is 624 g/mol. The second-order valence-corrected chi connectivity index (χ2v) is 15.7. The van der Waals surface area contributed by atoms with Crippen molar-refractivity contribution in [1.82, 2.24) is 14.6 Å². The quantitative estimate of drug-likeness (QED) is 0.209. The summed E-state index contributed by atoms with van der Waals surface area (Å²) in [4.78, 5) is 20.5. The minimum atomic E-state index is -4.14. The van der Waals surface area contributed by atoms with Crippen molar-refractivity contribution in [3.8, 4) is 5.88 Å². The van der Waals surface area contributed by atoms with Crippen LogP contribution >= 0.6 is 0 Å². The number of sulfonamides is 1. The molecule has 3 heterocycles. The standard InChI is InChI=1S/C34H46N4O8S/c1-21(2)18-38(47(42,43)23-11-12-27-25(16-23)26(31(40)36-27)17-35-34(3,4)5)19-29(39)28(15-22-9-7-6-8-10-22)37-33(41)46-30-20-45-32-24(30)13-14-44-32/h6-12,16-17,21,24,28-30,32,36,39-40H,13-15,18-20H2,1-5H3,(H,37,41)/t24?,28-,29+,30-,32?/m0/s1. The third-order valence-electron chi connectivity index (χ3n) is 8.28. The summed E-state index contributed by atoms with van der Waals surface area (Å²) in [5.41, 5.74) is 1.39. The fraction of sp³-hybridized carbons (Fsp3) is 0.529. The van der Waals surface area contributed by atoms with Crippen molar-refractivity contribution in [3.63, 3.8) is 0 Å². The smallest absolute Gasteiger partial charge is 0.407 e. The number of carbonyl (C=O) groups excluding carboxylic acids is 1. The van der Waals surface area contributed by atoms with Crippen LogP contribution in [-0.2, 0) is 30.7 Å². The van der Waals surface area contributed by atoms with Gasteiger partial charge in [-0.05, 0) is 63.3 Å². The van der Waals surface area contributed by atoms with Crippen molar-refractivity contribution in [2.24, 2.45) is 16.8 Å². The zero-order chi connectivity index (χ0) is 33.9. The Morgan fingerprint density at radius 3 is 2.62 bits per heavy atom. The van der Waals surface area contributed by atoms with E-state index in [1.165, 1.54) is 22.7 Å². The number of carbonyl (C=O) groups is 1. The van der Waals surface area contributed by atoms with Crippen molar-refractivity contribution in [3.05, 3.63) is 59.7 Å². The van der Waals surface area contributed by atoms with Gasteiger partial charge in [0, 0.05) is 30.2 Å².